The van der Waals surface area contributed by atoms with Crippen molar-refractivity contribution >= 4 is 52.2 Å². The number of benzene rings is 2. The van der Waals surface area contributed by atoms with Crippen LogP contribution in [0.25, 0.3) is 10.6 Å². The quantitative estimate of drug-likeness (QED) is 0.595. The molecule has 0 fully saturated rings. The number of nitrogens with two attached hydrogens (primary N) is 1. The Balaban J connectivity index is 1.49. The summed E-state index contributed by atoms with van der Waals surface area (Å²) >= 11 is 9.22. The molecule has 5 nitrogen and oxygen atoms in total. The summed E-state index contributed by atoms with van der Waals surface area (Å²) in [5.41, 5.74) is 8.05. The minimum absolute atomic E-state index is 0.117. The number of thioether (sulfide) groups is 1. The summed E-state index contributed by atoms with van der Waals surface area (Å²) in [4.78, 5) is 27.7. The zero-order valence-electron chi connectivity index (χ0n) is 14.1. The molecule has 0 aliphatic carbocycles. The maximum absolute atomic E-state index is 12.0. The summed E-state index contributed by atoms with van der Waals surface area (Å²) in [6.45, 7) is 0. The van der Waals surface area contributed by atoms with Crippen molar-refractivity contribution in [3.05, 3.63) is 70.2 Å². The summed E-state index contributed by atoms with van der Waals surface area (Å²) in [7, 11) is 0. The maximum Gasteiger partial charge on any atom is 0.248 e. The number of halogens is 1. The van der Waals surface area contributed by atoms with Gasteiger partial charge in [0.2, 0.25) is 11.8 Å². The molecule has 1 heterocycles. The molecule has 3 rings (SSSR count). The lowest BCUT2D eigenvalue weighted by molar-refractivity contribution is -0.113. The van der Waals surface area contributed by atoms with Crippen LogP contribution in [0.15, 0.2) is 53.9 Å². The van der Waals surface area contributed by atoms with Crippen molar-refractivity contribution in [2.45, 2.75) is 5.75 Å². The molecule has 2 aromatic carbocycles. The van der Waals surface area contributed by atoms with Gasteiger partial charge in [0, 0.05) is 27.9 Å². The van der Waals surface area contributed by atoms with E-state index in [2.05, 4.69) is 10.3 Å². The lowest BCUT2D eigenvalue weighted by atomic mass is 10.2. The number of amides is 2. The van der Waals surface area contributed by atoms with E-state index < -0.39 is 5.91 Å². The molecule has 0 spiro atoms. The highest BCUT2D eigenvalue weighted by Crippen LogP contribution is 2.30. The van der Waals surface area contributed by atoms with Crippen LogP contribution in [0, 0.1) is 0 Å². The standard InChI is InChI=1S/C19H16ClN3O2S2/c20-16-4-2-1-3-15(16)19-23-14(10-27-19)9-26-11-17(24)22-13-7-5-12(6-8-13)18(21)25/h1-8,10H,9,11H2,(H2,21,25)(H,22,24). The molecule has 0 atom stereocenters. The molecule has 0 aliphatic rings. The fourth-order valence-electron chi connectivity index (χ4n) is 2.29. The van der Waals surface area contributed by atoms with Gasteiger partial charge < -0.3 is 11.1 Å². The van der Waals surface area contributed by atoms with Gasteiger partial charge in [-0.25, -0.2) is 4.98 Å². The van der Waals surface area contributed by atoms with E-state index >= 15 is 0 Å². The smallest absolute Gasteiger partial charge is 0.248 e. The predicted octanol–water partition coefficient (Wildman–Crippen LogP) is 4.43. The van der Waals surface area contributed by atoms with E-state index in [0.29, 0.717) is 27.8 Å². The molecule has 27 heavy (non-hydrogen) atoms. The van der Waals surface area contributed by atoms with Crippen LogP contribution < -0.4 is 11.1 Å². The zero-order valence-corrected chi connectivity index (χ0v) is 16.5. The van der Waals surface area contributed by atoms with Crippen LogP contribution in [0.1, 0.15) is 16.1 Å². The first-order chi connectivity index (χ1) is 13.0. The van der Waals surface area contributed by atoms with Gasteiger partial charge in [0.05, 0.1) is 16.5 Å². The number of hydrogen-bond donors (Lipinski definition) is 2. The molecule has 3 aromatic rings. The van der Waals surface area contributed by atoms with Gasteiger partial charge in [0.15, 0.2) is 0 Å². The number of carbonyl (C=O) groups excluding carboxylic acids is 2. The van der Waals surface area contributed by atoms with E-state index in [-0.39, 0.29) is 5.91 Å². The van der Waals surface area contributed by atoms with Gasteiger partial charge in [-0.1, -0.05) is 29.8 Å². The number of primary amides is 1. The number of nitrogens with one attached hydrogen (secondary N) is 1. The molecule has 2 amide bonds. The topological polar surface area (TPSA) is 85.1 Å². The van der Waals surface area contributed by atoms with Gasteiger partial charge in [-0.05, 0) is 30.3 Å². The summed E-state index contributed by atoms with van der Waals surface area (Å²) in [6.07, 6.45) is 0. The first kappa shape index (κ1) is 19.4. The average molecular weight is 418 g/mol. The molecular formula is C19H16ClN3O2S2. The fraction of sp³-hybridized carbons (Fsp3) is 0.105. The maximum atomic E-state index is 12.0. The monoisotopic (exact) mass is 417 g/mol. The highest BCUT2D eigenvalue weighted by molar-refractivity contribution is 7.99. The summed E-state index contributed by atoms with van der Waals surface area (Å²) in [5.74, 6) is 0.321. The molecule has 138 valence electrons. The number of thiazole rings is 1. The van der Waals surface area contributed by atoms with Crippen molar-refractivity contribution in [3.8, 4) is 10.6 Å². The molecular weight excluding hydrogens is 402 g/mol. The highest BCUT2D eigenvalue weighted by Gasteiger charge is 2.09. The number of carbonyl (C=O) groups is 2. The molecule has 8 heteroatoms. The van der Waals surface area contributed by atoms with Crippen molar-refractivity contribution in [1.29, 1.82) is 0 Å². The van der Waals surface area contributed by atoms with E-state index in [0.717, 1.165) is 16.3 Å². The first-order valence-corrected chi connectivity index (χ1v) is 10.4. The average Bonchev–Trinajstić information content (AvgIpc) is 3.11. The van der Waals surface area contributed by atoms with E-state index in [1.165, 1.54) is 23.1 Å². The van der Waals surface area contributed by atoms with Gasteiger partial charge in [0.25, 0.3) is 0 Å². The summed E-state index contributed by atoms with van der Waals surface area (Å²) < 4.78 is 0. The lowest BCUT2D eigenvalue weighted by Crippen LogP contribution is -2.15. The van der Waals surface area contributed by atoms with Crippen LogP contribution in [0.3, 0.4) is 0 Å². The Bertz CT molecular complexity index is 958. The molecule has 0 saturated carbocycles. The lowest BCUT2D eigenvalue weighted by Gasteiger charge is -2.05. The predicted molar refractivity (Wildman–Crippen MR) is 112 cm³/mol. The van der Waals surface area contributed by atoms with Gasteiger partial charge in [-0.2, -0.15) is 0 Å². The zero-order chi connectivity index (χ0) is 19.2. The van der Waals surface area contributed by atoms with Crippen molar-refractivity contribution < 1.29 is 9.59 Å². The minimum Gasteiger partial charge on any atom is -0.366 e. The van der Waals surface area contributed by atoms with E-state index in [1.54, 1.807) is 24.3 Å². The summed E-state index contributed by atoms with van der Waals surface area (Å²) in [5, 5.41) is 6.31. The number of anilines is 1. The molecule has 0 bridgehead atoms. The van der Waals surface area contributed by atoms with Crippen LogP contribution in [0.2, 0.25) is 5.02 Å². The van der Waals surface area contributed by atoms with Gasteiger partial charge >= 0.3 is 0 Å². The normalized spacial score (nSPS) is 10.6. The SMILES string of the molecule is NC(=O)c1ccc(NC(=O)CSCc2csc(-c3ccccc3Cl)n2)cc1. The second-order valence-electron chi connectivity index (χ2n) is 5.61. The first-order valence-electron chi connectivity index (χ1n) is 7.99. The second kappa shape index (κ2) is 9.03. The number of aromatic nitrogens is 1. The molecule has 3 N–H and O–H groups in total. The number of rotatable bonds is 7. The van der Waals surface area contributed by atoms with Crippen molar-refractivity contribution in [2.24, 2.45) is 5.73 Å². The van der Waals surface area contributed by atoms with Crippen molar-refractivity contribution in [1.82, 2.24) is 4.98 Å². The third kappa shape index (κ3) is 5.32. The third-order valence-corrected chi connectivity index (χ3v) is 5.81. The number of hydrogen-bond acceptors (Lipinski definition) is 5. The van der Waals surface area contributed by atoms with Gasteiger partial charge in [0.1, 0.15) is 5.01 Å². The van der Waals surface area contributed by atoms with Crippen LogP contribution in [0.4, 0.5) is 5.69 Å². The molecule has 0 aliphatic heterocycles. The molecule has 0 saturated heterocycles. The minimum atomic E-state index is -0.497. The van der Waals surface area contributed by atoms with E-state index in [1.807, 2.05) is 29.6 Å². The largest absolute Gasteiger partial charge is 0.366 e. The van der Waals surface area contributed by atoms with Gasteiger partial charge in [-0.3, -0.25) is 9.59 Å². The van der Waals surface area contributed by atoms with Crippen LogP contribution in [-0.4, -0.2) is 22.6 Å². The Kier molecular flexibility index (Phi) is 6.49. The third-order valence-electron chi connectivity index (χ3n) is 3.59. The highest BCUT2D eigenvalue weighted by atomic mass is 35.5. The molecule has 0 unspecified atom stereocenters. The van der Waals surface area contributed by atoms with E-state index in [9.17, 15) is 9.59 Å². The Labute approximate surface area is 170 Å². The number of nitrogens with zero attached hydrogens (tertiary/aromatic N) is 1. The Morgan fingerprint density at radius 2 is 1.89 bits per heavy atom. The van der Waals surface area contributed by atoms with Crippen molar-refractivity contribution in [2.75, 3.05) is 11.1 Å². The van der Waals surface area contributed by atoms with Crippen LogP contribution in [0.5, 0.6) is 0 Å². The van der Waals surface area contributed by atoms with Gasteiger partial charge in [-0.15, -0.1) is 23.1 Å². The Morgan fingerprint density at radius 1 is 1.15 bits per heavy atom. The Hall–Kier alpha value is -2.35. The molecule has 0 radical (unpaired) electrons. The van der Waals surface area contributed by atoms with E-state index in [4.69, 9.17) is 17.3 Å². The summed E-state index contributed by atoms with van der Waals surface area (Å²) in [6, 6.07) is 14.1. The van der Waals surface area contributed by atoms with Crippen LogP contribution >= 0.6 is 34.7 Å². The fourth-order valence-corrected chi connectivity index (χ4v) is 4.26. The Morgan fingerprint density at radius 3 is 2.59 bits per heavy atom. The molecule has 1 aromatic heterocycles. The van der Waals surface area contributed by atoms with Crippen LogP contribution in [-0.2, 0) is 10.5 Å². The van der Waals surface area contributed by atoms with Crippen molar-refractivity contribution in [3.63, 3.8) is 0 Å². The second-order valence-corrected chi connectivity index (χ2v) is 7.86.